The Morgan fingerprint density at radius 1 is 1.43 bits per heavy atom. The average Bonchev–Trinajstić information content (AvgIpc) is 2.93. The molecule has 0 amide bonds. The van der Waals surface area contributed by atoms with Crippen LogP contribution >= 0.6 is 33.9 Å². The lowest BCUT2D eigenvalue weighted by Gasteiger charge is -2.04. The van der Waals surface area contributed by atoms with Crippen molar-refractivity contribution in [2.45, 2.75) is 6.54 Å². The molecule has 2 heterocycles. The van der Waals surface area contributed by atoms with Gasteiger partial charge in [-0.25, -0.2) is 22.6 Å². The van der Waals surface area contributed by atoms with E-state index in [1.807, 2.05) is 30.5 Å². The van der Waals surface area contributed by atoms with E-state index in [2.05, 4.69) is 37.4 Å². The highest BCUT2D eigenvalue weighted by Gasteiger charge is 2.09. The lowest BCUT2D eigenvalue weighted by Crippen LogP contribution is -2.21. The van der Waals surface area contributed by atoms with Gasteiger partial charge in [-0.2, -0.15) is 5.10 Å². The molecule has 0 saturated carbocycles. The van der Waals surface area contributed by atoms with E-state index < -0.39 is 10.0 Å². The van der Waals surface area contributed by atoms with Gasteiger partial charge in [-0.3, -0.25) is 0 Å². The molecule has 0 atom stereocenters. The smallest absolute Gasteiger partial charge is 0.213 e. The van der Waals surface area contributed by atoms with Crippen LogP contribution < -0.4 is 4.72 Å². The number of aromatic nitrogens is 3. The molecular formula is C12H11IN4O2S2. The lowest BCUT2D eigenvalue weighted by atomic mass is 10.1. The first kappa shape index (κ1) is 14.9. The second-order valence-electron chi connectivity index (χ2n) is 4.49. The molecule has 0 aliphatic heterocycles. The molecule has 0 unspecified atom stereocenters. The van der Waals surface area contributed by atoms with Crippen molar-refractivity contribution < 1.29 is 8.42 Å². The predicted octanol–water partition coefficient (Wildman–Crippen LogP) is 2.11. The SMILES string of the molecule is CS(=O)(=O)NCc1cccc(-c2nn3cc(I)nc3s2)c1. The number of imidazole rings is 1. The van der Waals surface area contributed by atoms with E-state index in [9.17, 15) is 8.42 Å². The Morgan fingerprint density at radius 2 is 2.24 bits per heavy atom. The molecule has 6 nitrogen and oxygen atoms in total. The molecular weight excluding hydrogens is 423 g/mol. The highest BCUT2D eigenvalue weighted by molar-refractivity contribution is 14.1. The lowest BCUT2D eigenvalue weighted by molar-refractivity contribution is 0.587. The van der Waals surface area contributed by atoms with Crippen molar-refractivity contribution in [2.24, 2.45) is 0 Å². The van der Waals surface area contributed by atoms with Gasteiger partial charge in [0.1, 0.15) is 8.71 Å². The second kappa shape index (κ2) is 5.63. The van der Waals surface area contributed by atoms with Crippen LogP contribution in [0.5, 0.6) is 0 Å². The van der Waals surface area contributed by atoms with Crippen LogP contribution in [-0.4, -0.2) is 29.3 Å². The molecule has 9 heteroatoms. The molecule has 0 saturated heterocycles. The fourth-order valence-corrected chi connectivity index (χ4v) is 3.78. The quantitative estimate of drug-likeness (QED) is 0.639. The first-order valence-corrected chi connectivity index (χ1v) is 9.75. The maximum Gasteiger partial charge on any atom is 0.213 e. The molecule has 0 aliphatic carbocycles. The van der Waals surface area contributed by atoms with Crippen molar-refractivity contribution in [3.8, 4) is 10.6 Å². The zero-order valence-electron chi connectivity index (χ0n) is 10.9. The van der Waals surface area contributed by atoms with Crippen LogP contribution in [0.25, 0.3) is 15.5 Å². The summed E-state index contributed by atoms with van der Waals surface area (Å²) in [7, 11) is -3.19. The standard InChI is InChI=1S/C12H11IN4O2S2/c1-21(18,19)14-6-8-3-2-4-9(5-8)11-16-17-7-10(13)15-12(17)20-11/h2-5,7,14H,6H2,1H3. The fraction of sp³-hybridized carbons (Fsp3) is 0.167. The van der Waals surface area contributed by atoms with E-state index in [4.69, 9.17) is 0 Å². The van der Waals surface area contributed by atoms with Crippen molar-refractivity contribution in [3.05, 3.63) is 39.7 Å². The number of benzene rings is 1. The number of fused-ring (bicyclic) bond motifs is 1. The third-order valence-corrected chi connectivity index (χ3v) is 4.89. The van der Waals surface area contributed by atoms with Gasteiger partial charge in [0, 0.05) is 12.1 Å². The summed E-state index contributed by atoms with van der Waals surface area (Å²) in [6.45, 7) is 0.271. The minimum absolute atomic E-state index is 0.271. The van der Waals surface area contributed by atoms with Gasteiger partial charge in [0.2, 0.25) is 15.0 Å². The van der Waals surface area contributed by atoms with Crippen LogP contribution in [0.1, 0.15) is 5.56 Å². The molecule has 21 heavy (non-hydrogen) atoms. The zero-order chi connectivity index (χ0) is 15.0. The van der Waals surface area contributed by atoms with Crippen LogP contribution in [0, 0.1) is 3.70 Å². The first-order chi connectivity index (χ1) is 9.90. The van der Waals surface area contributed by atoms with Crippen molar-refractivity contribution >= 4 is 48.9 Å². The van der Waals surface area contributed by atoms with Crippen LogP contribution in [0.15, 0.2) is 30.5 Å². The Morgan fingerprint density at radius 3 is 2.95 bits per heavy atom. The third-order valence-electron chi connectivity index (χ3n) is 2.73. The third kappa shape index (κ3) is 3.59. The monoisotopic (exact) mass is 434 g/mol. The van der Waals surface area contributed by atoms with Gasteiger partial charge in [-0.1, -0.05) is 29.5 Å². The van der Waals surface area contributed by atoms with Gasteiger partial charge in [0.15, 0.2) is 0 Å². The number of nitrogens with zero attached hydrogens (tertiary/aromatic N) is 3. The number of rotatable bonds is 4. The van der Waals surface area contributed by atoms with E-state index in [-0.39, 0.29) is 6.54 Å². The molecule has 3 rings (SSSR count). The molecule has 0 aliphatic rings. The number of hydrogen-bond donors (Lipinski definition) is 1. The van der Waals surface area contributed by atoms with E-state index in [1.54, 1.807) is 4.52 Å². The number of sulfonamides is 1. The topological polar surface area (TPSA) is 76.4 Å². The van der Waals surface area contributed by atoms with E-state index in [0.717, 1.165) is 31.1 Å². The van der Waals surface area contributed by atoms with Gasteiger partial charge in [-0.15, -0.1) is 0 Å². The summed E-state index contributed by atoms with van der Waals surface area (Å²) < 4.78 is 27.4. The van der Waals surface area contributed by atoms with Gasteiger partial charge < -0.3 is 0 Å². The summed E-state index contributed by atoms with van der Waals surface area (Å²) in [6, 6.07) is 7.65. The largest absolute Gasteiger partial charge is 0.213 e. The molecule has 110 valence electrons. The van der Waals surface area contributed by atoms with Crippen LogP contribution in [0.4, 0.5) is 0 Å². The number of nitrogens with one attached hydrogen (secondary N) is 1. The Balaban J connectivity index is 1.89. The molecule has 1 N–H and O–H groups in total. The summed E-state index contributed by atoms with van der Waals surface area (Å²) in [4.78, 5) is 5.21. The molecule has 0 bridgehead atoms. The summed E-state index contributed by atoms with van der Waals surface area (Å²) in [5.41, 5.74) is 1.84. The van der Waals surface area contributed by atoms with E-state index in [1.165, 1.54) is 11.3 Å². The van der Waals surface area contributed by atoms with Gasteiger partial charge in [-0.05, 0) is 34.2 Å². The average molecular weight is 434 g/mol. The summed E-state index contributed by atoms with van der Waals surface area (Å²) in [5.74, 6) is 0. The van der Waals surface area contributed by atoms with Gasteiger partial charge in [0.25, 0.3) is 0 Å². The number of halogens is 1. The van der Waals surface area contributed by atoms with Gasteiger partial charge >= 0.3 is 0 Å². The van der Waals surface area contributed by atoms with Crippen LogP contribution in [0.3, 0.4) is 0 Å². The summed E-state index contributed by atoms with van der Waals surface area (Å²) in [5, 5.41) is 5.34. The molecule has 0 radical (unpaired) electrons. The number of hydrogen-bond acceptors (Lipinski definition) is 5. The van der Waals surface area contributed by atoms with Crippen molar-refractivity contribution in [2.75, 3.05) is 6.26 Å². The Kier molecular flexibility index (Phi) is 3.99. The highest BCUT2D eigenvalue weighted by atomic mass is 127. The molecule has 1 aromatic carbocycles. The van der Waals surface area contributed by atoms with Gasteiger partial charge in [0.05, 0.1) is 12.5 Å². The predicted molar refractivity (Wildman–Crippen MR) is 90.7 cm³/mol. The van der Waals surface area contributed by atoms with Crippen molar-refractivity contribution in [3.63, 3.8) is 0 Å². The minimum atomic E-state index is -3.19. The zero-order valence-corrected chi connectivity index (χ0v) is 14.7. The molecule has 3 aromatic rings. The Labute approximate surface area is 139 Å². The van der Waals surface area contributed by atoms with Crippen molar-refractivity contribution in [1.29, 1.82) is 0 Å². The highest BCUT2D eigenvalue weighted by Crippen LogP contribution is 2.26. The minimum Gasteiger partial charge on any atom is -0.213 e. The van der Waals surface area contributed by atoms with Crippen LogP contribution in [-0.2, 0) is 16.6 Å². The van der Waals surface area contributed by atoms with E-state index in [0.29, 0.717) is 0 Å². The Bertz CT molecular complexity index is 870. The molecule has 2 aromatic heterocycles. The normalized spacial score (nSPS) is 12.1. The molecule has 0 spiro atoms. The van der Waals surface area contributed by atoms with Crippen molar-refractivity contribution in [1.82, 2.24) is 19.3 Å². The molecule has 0 fully saturated rings. The van der Waals surface area contributed by atoms with Crippen LogP contribution in [0.2, 0.25) is 0 Å². The summed E-state index contributed by atoms with van der Waals surface area (Å²) in [6.07, 6.45) is 3.01. The first-order valence-electron chi connectivity index (χ1n) is 5.96. The Hall–Kier alpha value is -1.04. The van der Waals surface area contributed by atoms with E-state index >= 15 is 0 Å². The summed E-state index contributed by atoms with van der Waals surface area (Å²) >= 11 is 3.65. The maximum absolute atomic E-state index is 11.1. The second-order valence-corrected chi connectivity index (χ2v) is 8.39. The fourth-order valence-electron chi connectivity index (χ4n) is 1.82. The maximum atomic E-state index is 11.1.